The second-order valence-corrected chi connectivity index (χ2v) is 7.03. The molecule has 1 aromatic carbocycles. The normalized spacial score (nSPS) is 16.8. The van der Waals surface area contributed by atoms with Crippen molar-refractivity contribution in [1.29, 1.82) is 0 Å². The first kappa shape index (κ1) is 17.5. The maximum absolute atomic E-state index is 12.7. The van der Waals surface area contributed by atoms with Crippen LogP contribution in [0.4, 0.5) is 0 Å². The summed E-state index contributed by atoms with van der Waals surface area (Å²) in [4.78, 5) is 23.6. The molecule has 140 valence electrons. The van der Waals surface area contributed by atoms with E-state index >= 15 is 0 Å². The van der Waals surface area contributed by atoms with Crippen molar-refractivity contribution in [3.05, 3.63) is 54.1 Å². The zero-order valence-corrected chi connectivity index (χ0v) is 15.8. The first-order valence-electron chi connectivity index (χ1n) is 9.33. The van der Waals surface area contributed by atoms with Gasteiger partial charge in [-0.3, -0.25) is 9.78 Å². The number of nitrogens with zero attached hydrogens (tertiary/aromatic N) is 4. The highest BCUT2D eigenvalue weighted by Gasteiger charge is 2.30. The molecule has 6 heteroatoms. The second kappa shape index (κ2) is 7.39. The van der Waals surface area contributed by atoms with Gasteiger partial charge in [-0.15, -0.1) is 0 Å². The molecule has 27 heavy (non-hydrogen) atoms. The Bertz CT molecular complexity index is 966. The number of ether oxygens (including phenoxy) is 1. The maximum atomic E-state index is 12.7. The van der Waals surface area contributed by atoms with Gasteiger partial charge in [0.2, 0.25) is 5.91 Å². The van der Waals surface area contributed by atoms with E-state index in [-0.39, 0.29) is 11.8 Å². The van der Waals surface area contributed by atoms with E-state index in [1.165, 1.54) is 0 Å². The Morgan fingerprint density at radius 2 is 2.15 bits per heavy atom. The highest BCUT2D eigenvalue weighted by Crippen LogP contribution is 2.29. The number of methoxy groups -OCH3 is 1. The molecule has 1 amide bonds. The molecule has 2 aromatic heterocycles. The van der Waals surface area contributed by atoms with Crippen molar-refractivity contribution in [2.24, 2.45) is 7.05 Å². The highest BCUT2D eigenvalue weighted by molar-refractivity contribution is 5.77. The van der Waals surface area contributed by atoms with Crippen LogP contribution >= 0.6 is 0 Å². The first-order chi connectivity index (χ1) is 13.2. The van der Waals surface area contributed by atoms with Crippen LogP contribution in [0, 0.1) is 0 Å². The summed E-state index contributed by atoms with van der Waals surface area (Å²) in [6.07, 6.45) is 5.75. The van der Waals surface area contributed by atoms with Crippen molar-refractivity contribution in [2.45, 2.75) is 25.2 Å². The van der Waals surface area contributed by atoms with E-state index in [1.54, 1.807) is 13.3 Å². The SMILES string of the molecule is COc1ccccc1CCC(=O)N1CC[C@H](c2nc3ccncc3n2C)C1. The van der Waals surface area contributed by atoms with Gasteiger partial charge in [0.05, 0.1) is 24.3 Å². The zero-order chi connectivity index (χ0) is 18.8. The van der Waals surface area contributed by atoms with Crippen molar-refractivity contribution in [2.75, 3.05) is 20.2 Å². The van der Waals surface area contributed by atoms with E-state index in [1.807, 2.05) is 48.5 Å². The minimum atomic E-state index is 0.198. The monoisotopic (exact) mass is 364 g/mol. The van der Waals surface area contributed by atoms with E-state index in [0.29, 0.717) is 12.8 Å². The number of aromatic nitrogens is 3. The Morgan fingerprint density at radius 3 is 2.96 bits per heavy atom. The fraction of sp³-hybridized carbons (Fsp3) is 0.381. The van der Waals surface area contributed by atoms with E-state index in [4.69, 9.17) is 9.72 Å². The summed E-state index contributed by atoms with van der Waals surface area (Å²) < 4.78 is 7.49. The van der Waals surface area contributed by atoms with Gasteiger partial charge >= 0.3 is 0 Å². The molecule has 0 N–H and O–H groups in total. The van der Waals surface area contributed by atoms with Gasteiger partial charge in [-0.2, -0.15) is 0 Å². The quantitative estimate of drug-likeness (QED) is 0.698. The molecule has 4 rings (SSSR count). The van der Waals surface area contributed by atoms with Crippen molar-refractivity contribution in [3.8, 4) is 5.75 Å². The average Bonchev–Trinajstić information content (AvgIpc) is 3.32. The van der Waals surface area contributed by atoms with Gasteiger partial charge in [0.15, 0.2) is 0 Å². The van der Waals surface area contributed by atoms with Gasteiger partial charge in [0.25, 0.3) is 0 Å². The summed E-state index contributed by atoms with van der Waals surface area (Å²) in [5.74, 6) is 2.36. The van der Waals surface area contributed by atoms with Crippen molar-refractivity contribution < 1.29 is 9.53 Å². The van der Waals surface area contributed by atoms with Crippen LogP contribution < -0.4 is 4.74 Å². The molecule has 6 nitrogen and oxygen atoms in total. The number of carbonyl (C=O) groups excluding carboxylic acids is 1. The molecule has 0 saturated carbocycles. The number of pyridine rings is 1. The van der Waals surface area contributed by atoms with Gasteiger partial charge in [-0.05, 0) is 30.5 Å². The molecule has 3 heterocycles. The number of rotatable bonds is 5. The number of fused-ring (bicyclic) bond motifs is 1. The first-order valence-corrected chi connectivity index (χ1v) is 9.33. The fourth-order valence-electron chi connectivity index (χ4n) is 3.93. The van der Waals surface area contributed by atoms with Gasteiger partial charge in [-0.25, -0.2) is 4.98 Å². The Balaban J connectivity index is 1.41. The predicted molar refractivity (Wildman–Crippen MR) is 104 cm³/mol. The molecule has 1 fully saturated rings. The van der Waals surface area contributed by atoms with Crippen LogP contribution in [0.3, 0.4) is 0 Å². The summed E-state index contributed by atoms with van der Waals surface area (Å²) in [6, 6.07) is 9.82. The van der Waals surface area contributed by atoms with Crippen LogP contribution in [0.5, 0.6) is 5.75 Å². The lowest BCUT2D eigenvalue weighted by molar-refractivity contribution is -0.130. The second-order valence-electron chi connectivity index (χ2n) is 7.03. The third kappa shape index (κ3) is 3.39. The Morgan fingerprint density at radius 1 is 1.30 bits per heavy atom. The number of para-hydroxylation sites is 1. The third-order valence-electron chi connectivity index (χ3n) is 5.42. The predicted octanol–water partition coefficient (Wildman–Crippen LogP) is 2.93. The topological polar surface area (TPSA) is 60.2 Å². The largest absolute Gasteiger partial charge is 0.496 e. The minimum absolute atomic E-state index is 0.198. The van der Waals surface area contributed by atoms with E-state index < -0.39 is 0 Å². The van der Waals surface area contributed by atoms with E-state index in [2.05, 4.69) is 9.55 Å². The molecule has 0 aliphatic carbocycles. The lowest BCUT2D eigenvalue weighted by Crippen LogP contribution is -2.28. The number of amides is 1. The molecule has 0 spiro atoms. The van der Waals surface area contributed by atoms with Crippen molar-refractivity contribution in [3.63, 3.8) is 0 Å². The summed E-state index contributed by atoms with van der Waals surface area (Å²) in [6.45, 7) is 1.52. The molecule has 0 radical (unpaired) electrons. The molecule has 1 atom stereocenters. The number of aryl methyl sites for hydroxylation is 2. The number of benzene rings is 1. The zero-order valence-electron chi connectivity index (χ0n) is 15.8. The molecule has 0 unspecified atom stereocenters. The molecular weight excluding hydrogens is 340 g/mol. The molecular formula is C21H24N4O2. The minimum Gasteiger partial charge on any atom is -0.496 e. The molecule has 3 aromatic rings. The summed E-state index contributed by atoms with van der Waals surface area (Å²) in [5.41, 5.74) is 3.07. The van der Waals surface area contributed by atoms with Crippen LogP contribution in [0.1, 0.15) is 30.1 Å². The van der Waals surface area contributed by atoms with Gasteiger partial charge in [-0.1, -0.05) is 18.2 Å². The van der Waals surface area contributed by atoms with Crippen LogP contribution in [-0.4, -0.2) is 45.5 Å². The number of carbonyl (C=O) groups is 1. The van der Waals surface area contributed by atoms with Crippen molar-refractivity contribution in [1.82, 2.24) is 19.4 Å². The maximum Gasteiger partial charge on any atom is 0.222 e. The van der Waals surface area contributed by atoms with Gasteiger partial charge < -0.3 is 14.2 Å². The van der Waals surface area contributed by atoms with E-state index in [0.717, 1.165) is 47.7 Å². The molecule has 1 aliphatic heterocycles. The van der Waals surface area contributed by atoms with Gasteiger partial charge in [0, 0.05) is 38.7 Å². The summed E-state index contributed by atoms with van der Waals surface area (Å²) in [7, 11) is 3.69. The fourth-order valence-corrected chi connectivity index (χ4v) is 3.93. The highest BCUT2D eigenvalue weighted by atomic mass is 16.5. The average molecular weight is 364 g/mol. The number of imidazole rings is 1. The molecule has 0 bridgehead atoms. The smallest absolute Gasteiger partial charge is 0.222 e. The number of likely N-dealkylation sites (tertiary alicyclic amines) is 1. The van der Waals surface area contributed by atoms with Crippen molar-refractivity contribution >= 4 is 16.9 Å². The third-order valence-corrected chi connectivity index (χ3v) is 5.42. The summed E-state index contributed by atoms with van der Waals surface area (Å²) in [5, 5.41) is 0. The van der Waals surface area contributed by atoms with Gasteiger partial charge in [0.1, 0.15) is 11.6 Å². The lowest BCUT2D eigenvalue weighted by Gasteiger charge is -2.17. The lowest BCUT2D eigenvalue weighted by atomic mass is 10.1. The van der Waals surface area contributed by atoms with Crippen LogP contribution in [0.15, 0.2) is 42.7 Å². The number of hydrogen-bond donors (Lipinski definition) is 0. The molecule has 1 saturated heterocycles. The Kier molecular flexibility index (Phi) is 4.79. The Labute approximate surface area is 158 Å². The van der Waals surface area contributed by atoms with E-state index in [9.17, 15) is 4.79 Å². The van der Waals surface area contributed by atoms with Crippen LogP contribution in [0.2, 0.25) is 0 Å². The Hall–Kier alpha value is -2.89. The van der Waals surface area contributed by atoms with Crippen LogP contribution in [-0.2, 0) is 18.3 Å². The molecule has 1 aliphatic rings. The number of hydrogen-bond acceptors (Lipinski definition) is 4. The summed E-state index contributed by atoms with van der Waals surface area (Å²) >= 11 is 0. The standard InChI is InChI=1S/C21H24N4O2/c1-24-18-13-22-11-9-17(18)23-21(24)16-10-12-25(14-16)20(26)8-7-15-5-3-4-6-19(15)27-2/h3-6,9,11,13,16H,7-8,10,12,14H2,1-2H3/t16-/m0/s1. The van der Waals surface area contributed by atoms with Crippen LogP contribution in [0.25, 0.3) is 11.0 Å².